The Hall–Kier alpha value is -0.0400. The summed E-state index contributed by atoms with van der Waals surface area (Å²) in [4.78, 5) is 0. The van der Waals surface area contributed by atoms with Crippen LogP contribution in [0.3, 0.4) is 0 Å². The zero-order valence-electron chi connectivity index (χ0n) is 11.2. The lowest BCUT2D eigenvalue weighted by Gasteiger charge is -2.38. The average molecular weight is 223 g/mol. The Labute approximate surface area is 101 Å². The summed E-state index contributed by atoms with van der Waals surface area (Å²) in [5.74, 6) is 2.15. The van der Waals surface area contributed by atoms with E-state index in [1.54, 1.807) is 6.42 Å². The predicted octanol–water partition coefficient (Wildman–Crippen LogP) is 3.98. The van der Waals surface area contributed by atoms with Crippen LogP contribution in [-0.2, 0) is 0 Å². The molecule has 2 aliphatic rings. The third-order valence-electron chi connectivity index (χ3n) is 5.11. The van der Waals surface area contributed by atoms with E-state index >= 15 is 0 Å². The maximum absolute atomic E-state index is 3.64. The molecule has 1 nitrogen and oxygen atoms in total. The summed E-state index contributed by atoms with van der Waals surface area (Å²) < 4.78 is 0. The molecule has 94 valence electrons. The molecule has 0 aromatic heterocycles. The highest BCUT2D eigenvalue weighted by Crippen LogP contribution is 2.57. The van der Waals surface area contributed by atoms with Crippen molar-refractivity contribution in [2.45, 2.75) is 65.2 Å². The van der Waals surface area contributed by atoms with Gasteiger partial charge in [0.1, 0.15) is 0 Å². The number of fused-ring (bicyclic) bond motifs is 2. The quantitative estimate of drug-likeness (QED) is 0.644. The van der Waals surface area contributed by atoms with Crippen LogP contribution in [0.1, 0.15) is 65.2 Å². The number of unbranched alkanes of at least 4 members (excludes halogenated alkanes) is 2. The molecule has 2 rings (SSSR count). The fraction of sp³-hybridized carbons (Fsp3) is 1.00. The molecule has 0 radical (unpaired) electrons. The molecule has 0 amide bonds. The Morgan fingerprint density at radius 1 is 1.19 bits per heavy atom. The van der Waals surface area contributed by atoms with E-state index in [-0.39, 0.29) is 0 Å². The van der Waals surface area contributed by atoms with Crippen molar-refractivity contribution in [1.82, 2.24) is 5.32 Å². The highest BCUT2D eigenvalue weighted by atomic mass is 14.9. The summed E-state index contributed by atoms with van der Waals surface area (Å²) in [6.07, 6.45) is 11.9. The number of hydrogen-bond acceptors (Lipinski definition) is 1. The molecule has 0 spiro atoms. The Bertz CT molecular complexity index is 213. The molecule has 0 saturated heterocycles. The standard InChI is InChI=1S/C15H29N/c1-3-5-6-9-15(12-16-4-2)11-13-7-8-14(15)10-13/h13-14,16H,3-12H2,1-2H3. The molecule has 2 fully saturated rings. The van der Waals surface area contributed by atoms with Crippen LogP contribution < -0.4 is 5.32 Å². The van der Waals surface area contributed by atoms with Crippen molar-refractivity contribution in [2.24, 2.45) is 17.3 Å². The first kappa shape index (κ1) is 12.4. The second-order valence-electron chi connectivity index (χ2n) is 6.18. The van der Waals surface area contributed by atoms with Crippen molar-refractivity contribution in [3.63, 3.8) is 0 Å². The van der Waals surface area contributed by atoms with Crippen LogP contribution in [0.4, 0.5) is 0 Å². The molecule has 0 heterocycles. The van der Waals surface area contributed by atoms with Gasteiger partial charge in [-0.05, 0) is 49.5 Å². The Morgan fingerprint density at radius 2 is 2.06 bits per heavy atom. The van der Waals surface area contributed by atoms with Crippen LogP contribution in [0.25, 0.3) is 0 Å². The summed E-state index contributed by atoms with van der Waals surface area (Å²) in [7, 11) is 0. The maximum Gasteiger partial charge on any atom is 0.00105 e. The first-order valence-corrected chi connectivity index (χ1v) is 7.51. The van der Waals surface area contributed by atoms with Gasteiger partial charge in [0.15, 0.2) is 0 Å². The van der Waals surface area contributed by atoms with Gasteiger partial charge in [0.2, 0.25) is 0 Å². The molecular formula is C15H29N. The van der Waals surface area contributed by atoms with Gasteiger partial charge in [0.25, 0.3) is 0 Å². The van der Waals surface area contributed by atoms with E-state index < -0.39 is 0 Å². The fourth-order valence-corrected chi connectivity index (χ4v) is 4.27. The van der Waals surface area contributed by atoms with E-state index in [1.165, 1.54) is 51.5 Å². The average Bonchev–Trinajstić information content (AvgIpc) is 2.87. The normalized spacial score (nSPS) is 37.1. The lowest BCUT2D eigenvalue weighted by molar-refractivity contribution is 0.139. The molecule has 2 aliphatic carbocycles. The van der Waals surface area contributed by atoms with E-state index in [0.717, 1.165) is 18.4 Å². The number of hydrogen-bond donors (Lipinski definition) is 1. The fourth-order valence-electron chi connectivity index (χ4n) is 4.27. The third-order valence-corrected chi connectivity index (χ3v) is 5.11. The first-order chi connectivity index (χ1) is 7.80. The second-order valence-corrected chi connectivity index (χ2v) is 6.18. The molecule has 1 N–H and O–H groups in total. The van der Waals surface area contributed by atoms with E-state index in [2.05, 4.69) is 19.2 Å². The van der Waals surface area contributed by atoms with Crippen LogP contribution in [0.15, 0.2) is 0 Å². The van der Waals surface area contributed by atoms with Crippen molar-refractivity contribution in [2.75, 3.05) is 13.1 Å². The van der Waals surface area contributed by atoms with Gasteiger partial charge in [-0.3, -0.25) is 0 Å². The Morgan fingerprint density at radius 3 is 2.62 bits per heavy atom. The van der Waals surface area contributed by atoms with Crippen molar-refractivity contribution in [3.8, 4) is 0 Å². The minimum Gasteiger partial charge on any atom is -0.316 e. The van der Waals surface area contributed by atoms with Crippen molar-refractivity contribution in [3.05, 3.63) is 0 Å². The Balaban J connectivity index is 1.90. The van der Waals surface area contributed by atoms with Crippen LogP contribution in [0.5, 0.6) is 0 Å². The molecule has 2 bridgehead atoms. The van der Waals surface area contributed by atoms with E-state index in [4.69, 9.17) is 0 Å². The molecule has 1 heteroatoms. The number of nitrogens with one attached hydrogen (secondary N) is 1. The lowest BCUT2D eigenvalue weighted by atomic mass is 9.70. The SMILES string of the molecule is CCCCCC1(CNCC)CC2CCC1C2. The van der Waals surface area contributed by atoms with Gasteiger partial charge < -0.3 is 5.32 Å². The largest absolute Gasteiger partial charge is 0.316 e. The van der Waals surface area contributed by atoms with Crippen LogP contribution in [-0.4, -0.2) is 13.1 Å². The molecule has 3 atom stereocenters. The molecule has 16 heavy (non-hydrogen) atoms. The highest BCUT2D eigenvalue weighted by Gasteiger charge is 2.49. The molecule has 0 aliphatic heterocycles. The predicted molar refractivity (Wildman–Crippen MR) is 70.6 cm³/mol. The minimum absolute atomic E-state index is 0.702. The first-order valence-electron chi connectivity index (χ1n) is 7.51. The minimum atomic E-state index is 0.702. The van der Waals surface area contributed by atoms with Crippen molar-refractivity contribution < 1.29 is 0 Å². The van der Waals surface area contributed by atoms with Gasteiger partial charge in [-0.1, -0.05) is 39.5 Å². The topological polar surface area (TPSA) is 12.0 Å². The van der Waals surface area contributed by atoms with Gasteiger partial charge in [0, 0.05) is 6.54 Å². The summed E-state index contributed by atoms with van der Waals surface area (Å²) >= 11 is 0. The molecular weight excluding hydrogens is 194 g/mol. The second kappa shape index (κ2) is 5.53. The van der Waals surface area contributed by atoms with Gasteiger partial charge >= 0.3 is 0 Å². The molecule has 3 unspecified atom stereocenters. The Kier molecular flexibility index (Phi) is 4.29. The van der Waals surface area contributed by atoms with Gasteiger partial charge in [-0.2, -0.15) is 0 Å². The summed E-state index contributed by atoms with van der Waals surface area (Å²) in [6.45, 7) is 7.01. The summed E-state index contributed by atoms with van der Waals surface area (Å²) in [6, 6.07) is 0. The maximum atomic E-state index is 3.64. The zero-order valence-corrected chi connectivity index (χ0v) is 11.2. The van der Waals surface area contributed by atoms with Crippen LogP contribution >= 0.6 is 0 Å². The summed E-state index contributed by atoms with van der Waals surface area (Å²) in [5.41, 5.74) is 0.702. The smallest absolute Gasteiger partial charge is 0.00105 e. The van der Waals surface area contributed by atoms with Gasteiger partial charge in [0.05, 0.1) is 0 Å². The summed E-state index contributed by atoms with van der Waals surface area (Å²) in [5, 5.41) is 3.64. The molecule has 2 saturated carbocycles. The van der Waals surface area contributed by atoms with Crippen molar-refractivity contribution >= 4 is 0 Å². The van der Waals surface area contributed by atoms with E-state index in [9.17, 15) is 0 Å². The van der Waals surface area contributed by atoms with Crippen molar-refractivity contribution in [1.29, 1.82) is 0 Å². The van der Waals surface area contributed by atoms with Gasteiger partial charge in [-0.25, -0.2) is 0 Å². The van der Waals surface area contributed by atoms with E-state index in [0.29, 0.717) is 5.41 Å². The molecule has 0 aromatic rings. The zero-order chi connectivity index (χ0) is 11.4. The highest BCUT2D eigenvalue weighted by molar-refractivity contribution is 5.01. The van der Waals surface area contributed by atoms with Crippen LogP contribution in [0.2, 0.25) is 0 Å². The van der Waals surface area contributed by atoms with Gasteiger partial charge in [-0.15, -0.1) is 0 Å². The third kappa shape index (κ3) is 2.45. The van der Waals surface area contributed by atoms with E-state index in [1.807, 2.05) is 0 Å². The monoisotopic (exact) mass is 223 g/mol. The molecule has 0 aromatic carbocycles. The van der Waals surface area contributed by atoms with Crippen LogP contribution in [0, 0.1) is 17.3 Å². The lowest BCUT2D eigenvalue weighted by Crippen LogP contribution is -2.38. The number of rotatable bonds is 7.